The van der Waals surface area contributed by atoms with E-state index in [1.807, 2.05) is 22.9 Å². The second-order valence-corrected chi connectivity index (χ2v) is 6.18. The summed E-state index contributed by atoms with van der Waals surface area (Å²) in [5.74, 6) is -0.0641. The van der Waals surface area contributed by atoms with Crippen molar-refractivity contribution >= 4 is 34.0 Å². The summed E-state index contributed by atoms with van der Waals surface area (Å²) in [6.07, 6.45) is 0. The third kappa shape index (κ3) is 1.76. The average molecular weight is 280 g/mol. The molecular formula is C12H8O2S3. The van der Waals surface area contributed by atoms with Crippen molar-refractivity contribution in [3.05, 3.63) is 34.3 Å². The van der Waals surface area contributed by atoms with Crippen molar-refractivity contribution < 1.29 is 10.2 Å². The Bertz CT molecular complexity index is 635. The summed E-state index contributed by atoms with van der Waals surface area (Å²) >= 11 is 4.60. The maximum absolute atomic E-state index is 9.80. The quantitative estimate of drug-likeness (QED) is 0.719. The molecule has 3 rings (SSSR count). The van der Waals surface area contributed by atoms with Gasteiger partial charge in [0.15, 0.2) is 11.5 Å². The van der Waals surface area contributed by atoms with Crippen LogP contribution in [0.25, 0.3) is 20.2 Å². The molecule has 86 valence electrons. The summed E-state index contributed by atoms with van der Waals surface area (Å²) in [5.41, 5.74) is 1.11. The number of aromatic hydroxyl groups is 2. The third-order valence-corrected chi connectivity index (χ3v) is 5.34. The van der Waals surface area contributed by atoms with E-state index in [0.29, 0.717) is 0 Å². The first-order chi connectivity index (χ1) is 8.27. The lowest BCUT2D eigenvalue weighted by Gasteiger charge is -1.99. The van der Waals surface area contributed by atoms with Gasteiger partial charge in [0.1, 0.15) is 0 Å². The van der Waals surface area contributed by atoms with E-state index in [0.717, 1.165) is 15.3 Å². The molecular weight excluding hydrogens is 272 g/mol. The van der Waals surface area contributed by atoms with Crippen LogP contribution >= 0.6 is 34.0 Å². The van der Waals surface area contributed by atoms with Crippen molar-refractivity contribution in [2.75, 3.05) is 0 Å². The highest BCUT2D eigenvalue weighted by Gasteiger charge is 2.17. The Morgan fingerprint density at radius 1 is 0.882 bits per heavy atom. The molecule has 0 bridgehead atoms. The molecule has 3 aromatic rings. The molecule has 3 heterocycles. The van der Waals surface area contributed by atoms with Crippen LogP contribution in [0.1, 0.15) is 0 Å². The molecule has 0 amide bonds. The molecule has 17 heavy (non-hydrogen) atoms. The van der Waals surface area contributed by atoms with E-state index in [2.05, 4.69) is 6.07 Å². The molecule has 0 aliphatic rings. The van der Waals surface area contributed by atoms with Crippen LogP contribution in [0.3, 0.4) is 0 Å². The fourth-order valence-electron chi connectivity index (χ4n) is 1.61. The van der Waals surface area contributed by atoms with E-state index in [4.69, 9.17) is 0 Å². The van der Waals surface area contributed by atoms with E-state index in [-0.39, 0.29) is 11.5 Å². The van der Waals surface area contributed by atoms with Gasteiger partial charge in [-0.15, -0.1) is 34.0 Å². The van der Waals surface area contributed by atoms with E-state index in [9.17, 15) is 10.2 Å². The number of hydrogen-bond acceptors (Lipinski definition) is 5. The Kier molecular flexibility index (Phi) is 2.66. The molecule has 2 nitrogen and oxygen atoms in total. The van der Waals surface area contributed by atoms with Gasteiger partial charge in [0.05, 0.1) is 9.75 Å². The van der Waals surface area contributed by atoms with Gasteiger partial charge in [-0.2, -0.15) is 0 Å². The lowest BCUT2D eigenvalue weighted by Crippen LogP contribution is -1.71. The third-order valence-electron chi connectivity index (χ3n) is 2.40. The average Bonchev–Trinajstić information content (AvgIpc) is 3.01. The Morgan fingerprint density at radius 2 is 1.76 bits per heavy atom. The number of rotatable bonds is 2. The Balaban J connectivity index is 2.17. The lowest BCUT2D eigenvalue weighted by atomic mass is 10.2. The molecule has 5 heteroatoms. The van der Waals surface area contributed by atoms with Gasteiger partial charge < -0.3 is 10.2 Å². The molecule has 0 aliphatic heterocycles. The van der Waals surface area contributed by atoms with Crippen molar-refractivity contribution in [2.45, 2.75) is 0 Å². The Labute approximate surface area is 110 Å². The lowest BCUT2D eigenvalue weighted by molar-refractivity contribution is 0.409. The Morgan fingerprint density at radius 3 is 2.41 bits per heavy atom. The maximum atomic E-state index is 9.80. The van der Waals surface area contributed by atoms with Gasteiger partial charge in [-0.25, -0.2) is 0 Å². The molecule has 3 aromatic heterocycles. The number of thiophene rings is 3. The first-order valence-electron chi connectivity index (χ1n) is 4.88. The molecule has 0 aromatic carbocycles. The standard InChI is InChI=1S/C12H8O2S3/c13-8-6-17-12(10(8)14)11-7(3-5-16-11)9-2-1-4-15-9/h1-6,13-14H. The first kappa shape index (κ1) is 10.8. The zero-order valence-electron chi connectivity index (χ0n) is 8.58. The predicted octanol–water partition coefficient (Wildman–Crippen LogP) is 4.62. The summed E-state index contributed by atoms with van der Waals surface area (Å²) in [7, 11) is 0. The molecule has 0 spiro atoms. The second kappa shape index (κ2) is 4.18. The minimum atomic E-state index is -0.0458. The molecule has 2 N–H and O–H groups in total. The number of hydrogen-bond donors (Lipinski definition) is 2. The summed E-state index contributed by atoms with van der Waals surface area (Å²) in [6.45, 7) is 0. The smallest absolute Gasteiger partial charge is 0.177 e. The fraction of sp³-hybridized carbons (Fsp3) is 0. The van der Waals surface area contributed by atoms with Crippen LogP contribution in [0.5, 0.6) is 11.5 Å². The van der Waals surface area contributed by atoms with Crippen LogP contribution in [0, 0.1) is 0 Å². The van der Waals surface area contributed by atoms with Crippen LogP contribution in [-0.4, -0.2) is 10.2 Å². The zero-order chi connectivity index (χ0) is 11.8. The van der Waals surface area contributed by atoms with Gasteiger partial charge in [0, 0.05) is 15.8 Å². The monoisotopic (exact) mass is 280 g/mol. The van der Waals surface area contributed by atoms with Crippen molar-refractivity contribution in [1.82, 2.24) is 0 Å². The van der Waals surface area contributed by atoms with Gasteiger partial charge in [-0.3, -0.25) is 0 Å². The van der Waals surface area contributed by atoms with E-state index in [1.165, 1.54) is 16.2 Å². The van der Waals surface area contributed by atoms with Crippen molar-refractivity contribution in [3.63, 3.8) is 0 Å². The highest BCUT2D eigenvalue weighted by molar-refractivity contribution is 7.22. The summed E-state index contributed by atoms with van der Waals surface area (Å²) in [5, 5.41) is 24.8. The summed E-state index contributed by atoms with van der Waals surface area (Å²) in [4.78, 5) is 2.92. The normalized spacial score (nSPS) is 10.8. The highest BCUT2D eigenvalue weighted by Crippen LogP contribution is 2.48. The largest absolute Gasteiger partial charge is 0.504 e. The second-order valence-electron chi connectivity index (χ2n) is 3.44. The molecule has 0 atom stereocenters. The molecule has 0 fully saturated rings. The van der Waals surface area contributed by atoms with Crippen LogP contribution in [0.4, 0.5) is 0 Å². The van der Waals surface area contributed by atoms with Crippen molar-refractivity contribution in [1.29, 1.82) is 0 Å². The molecule has 0 radical (unpaired) electrons. The molecule has 0 saturated heterocycles. The SMILES string of the molecule is Oc1csc(-c2sccc2-c2cccs2)c1O. The van der Waals surface area contributed by atoms with Crippen LogP contribution < -0.4 is 0 Å². The fourth-order valence-corrected chi connectivity index (χ4v) is 4.35. The van der Waals surface area contributed by atoms with Gasteiger partial charge in [0.25, 0.3) is 0 Å². The highest BCUT2D eigenvalue weighted by atomic mass is 32.1. The maximum Gasteiger partial charge on any atom is 0.177 e. The topological polar surface area (TPSA) is 40.5 Å². The predicted molar refractivity (Wildman–Crippen MR) is 74.3 cm³/mol. The molecule has 0 saturated carbocycles. The van der Waals surface area contributed by atoms with Crippen molar-refractivity contribution in [3.8, 4) is 31.7 Å². The minimum absolute atomic E-state index is 0.0183. The van der Waals surface area contributed by atoms with E-state index < -0.39 is 0 Å². The van der Waals surface area contributed by atoms with Gasteiger partial charge in [-0.1, -0.05) is 6.07 Å². The Hall–Kier alpha value is -1.30. The van der Waals surface area contributed by atoms with E-state index >= 15 is 0 Å². The molecule has 0 unspecified atom stereocenters. The summed E-state index contributed by atoms with van der Waals surface area (Å²) in [6, 6.07) is 6.11. The van der Waals surface area contributed by atoms with Crippen molar-refractivity contribution in [2.24, 2.45) is 0 Å². The summed E-state index contributed by atoms with van der Waals surface area (Å²) < 4.78 is 0. The van der Waals surface area contributed by atoms with Crippen LogP contribution in [0.2, 0.25) is 0 Å². The van der Waals surface area contributed by atoms with Crippen LogP contribution in [-0.2, 0) is 0 Å². The molecule has 0 aliphatic carbocycles. The first-order valence-corrected chi connectivity index (χ1v) is 7.52. The van der Waals surface area contributed by atoms with E-state index in [1.54, 1.807) is 28.1 Å². The minimum Gasteiger partial charge on any atom is -0.504 e. The van der Waals surface area contributed by atoms with Gasteiger partial charge in [0.2, 0.25) is 0 Å². The van der Waals surface area contributed by atoms with Gasteiger partial charge in [-0.05, 0) is 22.9 Å². The van der Waals surface area contributed by atoms with Crippen LogP contribution in [0.15, 0.2) is 34.3 Å². The zero-order valence-corrected chi connectivity index (χ0v) is 11.0. The van der Waals surface area contributed by atoms with Gasteiger partial charge >= 0.3 is 0 Å².